The molecule has 1 aliphatic rings. The average molecular weight is 282 g/mol. The second kappa shape index (κ2) is 5.02. The van der Waals surface area contributed by atoms with E-state index in [4.69, 9.17) is 4.98 Å². The predicted octanol–water partition coefficient (Wildman–Crippen LogP) is 3.77. The number of anilines is 3. The molecule has 0 amide bonds. The van der Waals surface area contributed by atoms with Gasteiger partial charge in [-0.2, -0.15) is 4.98 Å². The molecule has 4 nitrogen and oxygen atoms in total. The van der Waals surface area contributed by atoms with E-state index in [1.165, 1.54) is 11.3 Å². The Bertz CT molecular complexity index is 645. The first kappa shape index (κ1) is 13.9. The topological polar surface area (TPSA) is 41.1 Å². The summed E-state index contributed by atoms with van der Waals surface area (Å²) >= 11 is 0. The van der Waals surface area contributed by atoms with Crippen LogP contribution in [0.5, 0.6) is 0 Å². The van der Waals surface area contributed by atoms with E-state index in [9.17, 15) is 0 Å². The van der Waals surface area contributed by atoms with E-state index in [0.29, 0.717) is 6.04 Å². The van der Waals surface area contributed by atoms with Crippen LogP contribution in [0.3, 0.4) is 0 Å². The molecule has 0 saturated heterocycles. The highest BCUT2D eigenvalue weighted by atomic mass is 15.3. The van der Waals surface area contributed by atoms with Crippen molar-refractivity contribution in [3.63, 3.8) is 0 Å². The molecule has 21 heavy (non-hydrogen) atoms. The fraction of sp³-hybridized carbons (Fsp3) is 0.412. The Morgan fingerprint density at radius 1 is 1.19 bits per heavy atom. The van der Waals surface area contributed by atoms with Crippen LogP contribution >= 0.6 is 0 Å². The van der Waals surface area contributed by atoms with E-state index in [-0.39, 0.29) is 5.54 Å². The second-order valence-corrected chi connectivity index (χ2v) is 6.67. The molecule has 3 rings (SSSR count). The zero-order valence-corrected chi connectivity index (χ0v) is 13.1. The summed E-state index contributed by atoms with van der Waals surface area (Å²) in [6.07, 6.45) is 2.86. The molecule has 0 aliphatic carbocycles. The lowest BCUT2D eigenvalue weighted by Crippen LogP contribution is -2.29. The summed E-state index contributed by atoms with van der Waals surface area (Å²) in [6, 6.07) is 10.8. The summed E-state index contributed by atoms with van der Waals surface area (Å²) in [5.74, 6) is 1.63. The summed E-state index contributed by atoms with van der Waals surface area (Å²) < 4.78 is 0. The number of rotatable bonds is 2. The van der Waals surface area contributed by atoms with Crippen LogP contribution in [0, 0.1) is 0 Å². The zero-order valence-electron chi connectivity index (χ0n) is 13.1. The molecule has 1 N–H and O–H groups in total. The fourth-order valence-electron chi connectivity index (χ4n) is 2.79. The minimum absolute atomic E-state index is 0.0137. The summed E-state index contributed by atoms with van der Waals surface area (Å²) in [4.78, 5) is 11.4. The van der Waals surface area contributed by atoms with E-state index in [1.807, 2.05) is 12.3 Å². The molecule has 0 spiro atoms. The van der Waals surface area contributed by atoms with Gasteiger partial charge in [0.25, 0.3) is 0 Å². The zero-order chi connectivity index (χ0) is 15.0. The van der Waals surface area contributed by atoms with E-state index in [0.717, 1.165) is 18.2 Å². The molecule has 0 fully saturated rings. The molecule has 1 atom stereocenters. The van der Waals surface area contributed by atoms with Gasteiger partial charge < -0.3 is 10.2 Å². The maximum absolute atomic E-state index is 4.69. The number of para-hydroxylation sites is 1. The van der Waals surface area contributed by atoms with Gasteiger partial charge in [-0.05, 0) is 51.8 Å². The lowest BCUT2D eigenvalue weighted by Gasteiger charge is -2.25. The second-order valence-electron chi connectivity index (χ2n) is 6.67. The molecule has 1 aromatic carbocycles. The fourth-order valence-corrected chi connectivity index (χ4v) is 2.79. The number of hydrogen-bond donors (Lipinski definition) is 1. The van der Waals surface area contributed by atoms with E-state index in [1.54, 1.807) is 0 Å². The number of hydrogen-bond acceptors (Lipinski definition) is 4. The summed E-state index contributed by atoms with van der Waals surface area (Å²) in [6.45, 7) is 8.60. The average Bonchev–Trinajstić information content (AvgIpc) is 2.72. The Hall–Kier alpha value is -2.10. The van der Waals surface area contributed by atoms with Crippen molar-refractivity contribution in [3.8, 4) is 0 Å². The lowest BCUT2D eigenvalue weighted by molar-refractivity contribution is 0.629. The molecule has 2 heterocycles. The third-order valence-corrected chi connectivity index (χ3v) is 3.57. The molecule has 0 saturated carbocycles. The summed E-state index contributed by atoms with van der Waals surface area (Å²) in [7, 11) is 0. The van der Waals surface area contributed by atoms with Crippen molar-refractivity contribution in [2.75, 3.05) is 10.2 Å². The van der Waals surface area contributed by atoms with Gasteiger partial charge in [0, 0.05) is 23.5 Å². The Morgan fingerprint density at radius 3 is 2.71 bits per heavy atom. The first-order valence-electron chi connectivity index (χ1n) is 7.42. The number of nitrogens with zero attached hydrogens (tertiary/aromatic N) is 3. The molecular weight excluding hydrogens is 260 g/mol. The van der Waals surface area contributed by atoms with Crippen molar-refractivity contribution in [2.45, 2.75) is 45.7 Å². The number of nitrogens with one attached hydrogen (secondary N) is 1. The van der Waals surface area contributed by atoms with Gasteiger partial charge in [-0.15, -0.1) is 0 Å². The molecular formula is C17H22N4. The van der Waals surface area contributed by atoms with E-state index >= 15 is 0 Å². The standard InChI is InChI=1S/C17H22N4/c1-12-11-13-7-5-6-8-14(13)21(12)16-18-10-9-15(19-16)20-17(2,3)4/h5-10,12H,11H2,1-4H3,(H,18,19,20). The molecule has 0 bridgehead atoms. The maximum Gasteiger partial charge on any atom is 0.232 e. The molecule has 1 aliphatic heterocycles. The Labute approximate surface area is 126 Å². The van der Waals surface area contributed by atoms with Gasteiger partial charge in [0.15, 0.2) is 0 Å². The normalized spacial score (nSPS) is 17.7. The van der Waals surface area contributed by atoms with Gasteiger partial charge in [-0.3, -0.25) is 0 Å². The third kappa shape index (κ3) is 2.84. The van der Waals surface area contributed by atoms with Crippen LogP contribution in [0.2, 0.25) is 0 Å². The lowest BCUT2D eigenvalue weighted by atomic mass is 10.1. The quantitative estimate of drug-likeness (QED) is 0.910. The molecule has 2 aromatic rings. The minimum Gasteiger partial charge on any atom is -0.365 e. The number of fused-ring (bicyclic) bond motifs is 1. The highest BCUT2D eigenvalue weighted by Gasteiger charge is 2.28. The van der Waals surface area contributed by atoms with Crippen LogP contribution in [0.25, 0.3) is 0 Å². The van der Waals surface area contributed by atoms with E-state index in [2.05, 4.69) is 67.2 Å². The van der Waals surface area contributed by atoms with Crippen LogP contribution in [0.1, 0.15) is 33.3 Å². The minimum atomic E-state index is -0.0137. The monoisotopic (exact) mass is 282 g/mol. The van der Waals surface area contributed by atoms with Crippen LogP contribution in [0.15, 0.2) is 36.5 Å². The Morgan fingerprint density at radius 2 is 1.95 bits per heavy atom. The van der Waals surface area contributed by atoms with Gasteiger partial charge >= 0.3 is 0 Å². The van der Waals surface area contributed by atoms with Crippen molar-refractivity contribution in [3.05, 3.63) is 42.1 Å². The van der Waals surface area contributed by atoms with E-state index < -0.39 is 0 Å². The first-order valence-corrected chi connectivity index (χ1v) is 7.42. The first-order chi connectivity index (χ1) is 9.94. The van der Waals surface area contributed by atoms with Gasteiger partial charge in [0.1, 0.15) is 5.82 Å². The predicted molar refractivity (Wildman–Crippen MR) is 87.2 cm³/mol. The van der Waals surface area contributed by atoms with Gasteiger partial charge in [-0.25, -0.2) is 4.98 Å². The summed E-state index contributed by atoms with van der Waals surface area (Å²) in [5, 5.41) is 3.41. The Balaban J connectivity index is 1.96. The molecule has 1 unspecified atom stereocenters. The number of benzene rings is 1. The SMILES string of the molecule is CC1Cc2ccccc2N1c1nccc(NC(C)(C)C)n1. The largest absolute Gasteiger partial charge is 0.365 e. The van der Waals surface area contributed by atoms with Crippen molar-refractivity contribution < 1.29 is 0 Å². The highest BCUT2D eigenvalue weighted by Crippen LogP contribution is 2.36. The van der Waals surface area contributed by atoms with Crippen LogP contribution < -0.4 is 10.2 Å². The molecule has 110 valence electrons. The summed E-state index contributed by atoms with van der Waals surface area (Å²) in [5.41, 5.74) is 2.57. The molecule has 1 aromatic heterocycles. The van der Waals surface area contributed by atoms with Crippen molar-refractivity contribution in [2.24, 2.45) is 0 Å². The van der Waals surface area contributed by atoms with Crippen LogP contribution in [0.4, 0.5) is 17.5 Å². The van der Waals surface area contributed by atoms with Crippen LogP contribution in [-0.2, 0) is 6.42 Å². The smallest absolute Gasteiger partial charge is 0.232 e. The van der Waals surface area contributed by atoms with Crippen LogP contribution in [-0.4, -0.2) is 21.5 Å². The maximum atomic E-state index is 4.69. The van der Waals surface area contributed by atoms with Gasteiger partial charge in [0.2, 0.25) is 5.95 Å². The van der Waals surface area contributed by atoms with Gasteiger partial charge in [-0.1, -0.05) is 18.2 Å². The molecule has 0 radical (unpaired) electrons. The Kier molecular flexibility index (Phi) is 3.32. The number of aromatic nitrogens is 2. The molecule has 4 heteroatoms. The highest BCUT2D eigenvalue weighted by molar-refractivity contribution is 5.67. The van der Waals surface area contributed by atoms with Crippen molar-refractivity contribution >= 4 is 17.5 Å². The van der Waals surface area contributed by atoms with Crippen molar-refractivity contribution in [1.82, 2.24) is 9.97 Å². The third-order valence-electron chi connectivity index (χ3n) is 3.57. The van der Waals surface area contributed by atoms with Gasteiger partial charge in [0.05, 0.1) is 0 Å². The van der Waals surface area contributed by atoms with Crippen molar-refractivity contribution in [1.29, 1.82) is 0 Å².